The van der Waals surface area contributed by atoms with Crippen LogP contribution in [0, 0.1) is 0 Å². The Morgan fingerprint density at radius 1 is 1.03 bits per heavy atom. The van der Waals surface area contributed by atoms with Gasteiger partial charge in [0.2, 0.25) is 0 Å². The molecule has 0 aliphatic carbocycles. The minimum absolute atomic E-state index is 0.111. The number of aliphatic hydroxyl groups excluding tert-OH is 1. The van der Waals surface area contributed by atoms with Gasteiger partial charge in [0.1, 0.15) is 19.0 Å². The van der Waals surface area contributed by atoms with Gasteiger partial charge >= 0.3 is 5.97 Å². The first-order chi connectivity index (χ1) is 15.2. The topological polar surface area (TPSA) is 80.7 Å². The van der Waals surface area contributed by atoms with Crippen molar-refractivity contribution in [1.82, 2.24) is 10.3 Å². The smallest absolute Gasteiger partial charge is 0.330 e. The van der Waals surface area contributed by atoms with Crippen molar-refractivity contribution in [3.05, 3.63) is 84.2 Å². The first kappa shape index (κ1) is 21.0. The number of benzene rings is 2. The second-order valence-electron chi connectivity index (χ2n) is 7.69. The number of nitrogens with one attached hydrogen (secondary N) is 1. The Balaban J connectivity index is 1.40. The Bertz CT molecular complexity index is 1020. The molecule has 0 bridgehead atoms. The molecule has 0 unspecified atom stereocenters. The van der Waals surface area contributed by atoms with Gasteiger partial charge in [0.15, 0.2) is 5.54 Å². The third kappa shape index (κ3) is 5.10. The first-order valence-corrected chi connectivity index (χ1v) is 10.4. The number of rotatable bonds is 9. The van der Waals surface area contributed by atoms with Crippen LogP contribution in [-0.4, -0.2) is 41.4 Å². The fraction of sp³-hybridized carbons (Fsp3) is 0.280. The van der Waals surface area contributed by atoms with Crippen LogP contribution in [0.25, 0.3) is 11.1 Å². The van der Waals surface area contributed by atoms with E-state index in [1.165, 1.54) is 0 Å². The lowest BCUT2D eigenvalue weighted by Gasteiger charge is -2.40. The van der Waals surface area contributed by atoms with Crippen LogP contribution < -0.4 is 10.1 Å². The molecule has 0 radical (unpaired) electrons. The number of hydrogen-bond donors (Lipinski definition) is 2. The van der Waals surface area contributed by atoms with Crippen LogP contribution in [0.3, 0.4) is 0 Å². The van der Waals surface area contributed by atoms with Crippen LogP contribution in [-0.2, 0) is 22.6 Å². The summed E-state index contributed by atoms with van der Waals surface area (Å²) in [5.74, 6) is 0.289. The molecule has 0 spiro atoms. The van der Waals surface area contributed by atoms with Gasteiger partial charge in [-0.1, -0.05) is 54.6 Å². The largest absolute Gasteiger partial charge is 0.489 e. The number of carbonyl (C=O) groups is 1. The number of esters is 1. The zero-order chi connectivity index (χ0) is 21.5. The Labute approximate surface area is 181 Å². The standard InChI is InChI=1S/C25H26N2O4/c28-12-9-19-7-4-8-21(13-19)22-14-23(16-26-15-22)31-18-25(10-11-27-25)24(29)30-17-20-5-2-1-3-6-20/h1-8,13-16,27-28H,9-12,17-18H2/t25-/m0/s1. The molecular formula is C25H26N2O4. The van der Waals surface area contributed by atoms with Gasteiger partial charge < -0.3 is 14.6 Å². The van der Waals surface area contributed by atoms with E-state index in [1.807, 2.05) is 60.7 Å². The van der Waals surface area contributed by atoms with Crippen LogP contribution in [0.1, 0.15) is 17.5 Å². The summed E-state index contributed by atoms with van der Waals surface area (Å²) in [4.78, 5) is 17.0. The maximum absolute atomic E-state index is 12.7. The van der Waals surface area contributed by atoms with E-state index in [1.54, 1.807) is 12.4 Å². The molecule has 2 aromatic carbocycles. The van der Waals surface area contributed by atoms with E-state index in [0.717, 1.165) is 28.8 Å². The average molecular weight is 418 g/mol. The van der Waals surface area contributed by atoms with E-state index >= 15 is 0 Å². The van der Waals surface area contributed by atoms with Gasteiger partial charge in [0, 0.05) is 18.4 Å². The van der Waals surface area contributed by atoms with Crippen molar-refractivity contribution in [2.45, 2.75) is 25.0 Å². The number of aromatic nitrogens is 1. The lowest BCUT2D eigenvalue weighted by Crippen LogP contribution is -2.66. The molecule has 1 saturated heterocycles. The summed E-state index contributed by atoms with van der Waals surface area (Å²) < 4.78 is 11.5. The van der Waals surface area contributed by atoms with Gasteiger partial charge in [0.25, 0.3) is 0 Å². The summed E-state index contributed by atoms with van der Waals surface area (Å²) in [6.45, 7) is 1.28. The molecule has 3 aromatic rings. The van der Waals surface area contributed by atoms with Crippen molar-refractivity contribution in [3.63, 3.8) is 0 Å². The van der Waals surface area contributed by atoms with E-state index in [4.69, 9.17) is 9.47 Å². The van der Waals surface area contributed by atoms with Crippen molar-refractivity contribution in [3.8, 4) is 16.9 Å². The van der Waals surface area contributed by atoms with Gasteiger partial charge in [-0.25, -0.2) is 4.79 Å². The van der Waals surface area contributed by atoms with E-state index in [2.05, 4.69) is 10.3 Å². The molecule has 2 N–H and O–H groups in total. The highest BCUT2D eigenvalue weighted by atomic mass is 16.5. The number of aliphatic hydroxyl groups is 1. The van der Waals surface area contributed by atoms with Gasteiger partial charge in [0.05, 0.1) is 6.20 Å². The molecule has 0 saturated carbocycles. The number of pyridine rings is 1. The van der Waals surface area contributed by atoms with Crippen molar-refractivity contribution in [2.75, 3.05) is 19.8 Å². The van der Waals surface area contributed by atoms with E-state index < -0.39 is 5.54 Å². The lowest BCUT2D eigenvalue weighted by atomic mass is 9.89. The molecule has 1 atom stereocenters. The molecule has 0 amide bonds. The minimum Gasteiger partial charge on any atom is -0.489 e. The third-order valence-electron chi connectivity index (χ3n) is 5.48. The quantitative estimate of drug-likeness (QED) is 0.520. The monoisotopic (exact) mass is 418 g/mol. The Morgan fingerprint density at radius 2 is 1.84 bits per heavy atom. The average Bonchev–Trinajstić information content (AvgIpc) is 2.78. The van der Waals surface area contributed by atoms with Crippen LogP contribution in [0.4, 0.5) is 0 Å². The van der Waals surface area contributed by atoms with Gasteiger partial charge in [-0.05, 0) is 42.1 Å². The molecule has 4 rings (SSSR count). The molecule has 2 heterocycles. The molecule has 1 aromatic heterocycles. The Morgan fingerprint density at radius 3 is 2.58 bits per heavy atom. The number of hydrogen-bond acceptors (Lipinski definition) is 6. The van der Waals surface area contributed by atoms with Gasteiger partial charge in [-0.15, -0.1) is 0 Å². The molecule has 160 valence electrons. The van der Waals surface area contributed by atoms with Gasteiger partial charge in [-0.3, -0.25) is 10.3 Å². The molecule has 31 heavy (non-hydrogen) atoms. The Hall–Kier alpha value is -3.22. The number of nitrogens with zero attached hydrogens (tertiary/aromatic N) is 1. The highest BCUT2D eigenvalue weighted by Gasteiger charge is 2.46. The number of ether oxygens (including phenoxy) is 2. The van der Waals surface area contributed by atoms with Gasteiger partial charge in [-0.2, -0.15) is 0 Å². The fourth-order valence-electron chi connectivity index (χ4n) is 3.54. The van der Waals surface area contributed by atoms with Crippen molar-refractivity contribution in [2.24, 2.45) is 0 Å². The Kier molecular flexibility index (Phi) is 6.60. The third-order valence-corrected chi connectivity index (χ3v) is 5.48. The second-order valence-corrected chi connectivity index (χ2v) is 7.69. The van der Waals surface area contributed by atoms with Crippen LogP contribution >= 0.6 is 0 Å². The highest BCUT2D eigenvalue weighted by Crippen LogP contribution is 2.27. The summed E-state index contributed by atoms with van der Waals surface area (Å²) in [6.07, 6.45) is 4.69. The normalized spacial score (nSPS) is 17.6. The summed E-state index contributed by atoms with van der Waals surface area (Å²) >= 11 is 0. The first-order valence-electron chi connectivity index (χ1n) is 10.4. The summed E-state index contributed by atoms with van der Waals surface area (Å²) in [5, 5.41) is 12.4. The predicted molar refractivity (Wildman–Crippen MR) is 118 cm³/mol. The van der Waals surface area contributed by atoms with Crippen molar-refractivity contribution in [1.29, 1.82) is 0 Å². The van der Waals surface area contributed by atoms with Crippen molar-refractivity contribution >= 4 is 5.97 Å². The maximum Gasteiger partial charge on any atom is 0.330 e. The summed E-state index contributed by atoms with van der Waals surface area (Å²) in [5.41, 5.74) is 3.10. The molecule has 1 fully saturated rings. The fourth-order valence-corrected chi connectivity index (χ4v) is 3.54. The number of carbonyl (C=O) groups excluding carboxylic acids is 1. The molecular weight excluding hydrogens is 392 g/mol. The summed E-state index contributed by atoms with van der Waals surface area (Å²) in [6, 6.07) is 19.5. The van der Waals surface area contributed by atoms with E-state index in [-0.39, 0.29) is 25.8 Å². The molecule has 1 aliphatic rings. The van der Waals surface area contributed by atoms with Crippen LogP contribution in [0.5, 0.6) is 5.75 Å². The molecule has 1 aliphatic heterocycles. The predicted octanol–water partition coefficient (Wildman–Crippen LogP) is 3.14. The maximum atomic E-state index is 12.7. The van der Waals surface area contributed by atoms with E-state index in [9.17, 15) is 9.90 Å². The second kappa shape index (κ2) is 9.73. The minimum atomic E-state index is -0.828. The highest BCUT2D eigenvalue weighted by molar-refractivity contribution is 5.82. The van der Waals surface area contributed by atoms with Crippen LogP contribution in [0.15, 0.2) is 73.1 Å². The van der Waals surface area contributed by atoms with Crippen molar-refractivity contribution < 1.29 is 19.4 Å². The van der Waals surface area contributed by atoms with E-state index in [0.29, 0.717) is 18.6 Å². The molecule has 6 heteroatoms. The summed E-state index contributed by atoms with van der Waals surface area (Å²) in [7, 11) is 0. The lowest BCUT2D eigenvalue weighted by molar-refractivity contribution is -0.158. The SMILES string of the molecule is O=C(OCc1ccccc1)[C@@]1(COc2cncc(-c3cccc(CCO)c3)c2)CCN1. The van der Waals surface area contributed by atoms with Crippen LogP contribution in [0.2, 0.25) is 0 Å². The zero-order valence-electron chi connectivity index (χ0n) is 17.3. The molecule has 6 nitrogen and oxygen atoms in total. The zero-order valence-corrected chi connectivity index (χ0v) is 17.3.